The first kappa shape index (κ1) is 10.9. The lowest BCUT2D eigenvalue weighted by Crippen LogP contribution is -2.42. The number of aromatic nitrogens is 2. The number of aliphatic hydroxyl groups excluding tert-OH is 1. The quantitative estimate of drug-likeness (QED) is 0.901. The van der Waals surface area contributed by atoms with E-state index in [4.69, 9.17) is 0 Å². The van der Waals surface area contributed by atoms with Crippen molar-refractivity contribution >= 4 is 27.4 Å². The molecule has 2 aromatic heterocycles. The number of thiophene rings is 1. The van der Waals surface area contributed by atoms with Crippen molar-refractivity contribution in [3.05, 3.63) is 17.8 Å². The number of fused-ring (bicyclic) bond motifs is 1. The second-order valence-corrected chi connectivity index (χ2v) is 5.25. The SMILES string of the molecule is OCCN(c1ncnc2ccsc12)C1CCC1. The second-order valence-electron chi connectivity index (χ2n) is 4.33. The van der Waals surface area contributed by atoms with E-state index in [-0.39, 0.29) is 6.61 Å². The predicted molar refractivity (Wildman–Crippen MR) is 69.5 cm³/mol. The molecule has 2 heterocycles. The lowest BCUT2D eigenvalue weighted by atomic mass is 9.91. The van der Waals surface area contributed by atoms with Crippen LogP contribution in [0, 0.1) is 0 Å². The van der Waals surface area contributed by atoms with Crippen LogP contribution in [0.15, 0.2) is 17.8 Å². The Hall–Kier alpha value is -1.20. The molecule has 1 aliphatic carbocycles. The number of anilines is 1. The third kappa shape index (κ3) is 1.89. The zero-order valence-corrected chi connectivity index (χ0v) is 10.4. The number of aliphatic hydroxyl groups is 1. The summed E-state index contributed by atoms with van der Waals surface area (Å²) in [6, 6.07) is 2.56. The van der Waals surface area contributed by atoms with E-state index < -0.39 is 0 Å². The van der Waals surface area contributed by atoms with Crippen LogP contribution in [-0.2, 0) is 0 Å². The molecule has 1 saturated carbocycles. The summed E-state index contributed by atoms with van der Waals surface area (Å²) in [6.45, 7) is 0.835. The Morgan fingerprint density at radius 2 is 2.29 bits per heavy atom. The molecule has 4 nitrogen and oxygen atoms in total. The van der Waals surface area contributed by atoms with Gasteiger partial charge in [-0.3, -0.25) is 0 Å². The molecule has 0 aliphatic heterocycles. The van der Waals surface area contributed by atoms with Crippen LogP contribution in [0.25, 0.3) is 10.2 Å². The highest BCUT2D eigenvalue weighted by atomic mass is 32.1. The molecule has 0 bridgehead atoms. The maximum atomic E-state index is 9.21. The van der Waals surface area contributed by atoms with Crippen molar-refractivity contribution in [3.63, 3.8) is 0 Å². The van der Waals surface area contributed by atoms with Gasteiger partial charge >= 0.3 is 0 Å². The molecule has 0 spiro atoms. The van der Waals surface area contributed by atoms with Gasteiger partial charge in [-0.15, -0.1) is 11.3 Å². The smallest absolute Gasteiger partial charge is 0.150 e. The molecule has 3 rings (SSSR count). The van der Waals surface area contributed by atoms with E-state index in [0.29, 0.717) is 12.6 Å². The zero-order valence-electron chi connectivity index (χ0n) is 9.54. The Balaban J connectivity index is 2.01. The van der Waals surface area contributed by atoms with Crippen LogP contribution in [0.4, 0.5) is 5.82 Å². The number of nitrogens with zero attached hydrogens (tertiary/aromatic N) is 3. The first-order valence-corrected chi connectivity index (χ1v) is 6.84. The second kappa shape index (κ2) is 4.58. The normalized spacial score (nSPS) is 16.1. The molecule has 5 heteroatoms. The molecule has 1 N–H and O–H groups in total. The van der Waals surface area contributed by atoms with Crippen molar-refractivity contribution in [1.29, 1.82) is 0 Å². The van der Waals surface area contributed by atoms with E-state index in [1.54, 1.807) is 17.7 Å². The fourth-order valence-corrected chi connectivity index (χ4v) is 3.10. The largest absolute Gasteiger partial charge is 0.395 e. The average Bonchev–Trinajstić information content (AvgIpc) is 2.73. The Kier molecular flexibility index (Phi) is 2.94. The van der Waals surface area contributed by atoms with Crippen LogP contribution in [0.5, 0.6) is 0 Å². The van der Waals surface area contributed by atoms with Gasteiger partial charge in [0.2, 0.25) is 0 Å². The van der Waals surface area contributed by atoms with Crippen LogP contribution >= 0.6 is 11.3 Å². The van der Waals surface area contributed by atoms with E-state index >= 15 is 0 Å². The van der Waals surface area contributed by atoms with E-state index in [1.165, 1.54) is 19.3 Å². The Morgan fingerprint density at radius 3 is 3.00 bits per heavy atom. The zero-order chi connectivity index (χ0) is 11.7. The van der Waals surface area contributed by atoms with Gasteiger partial charge in [0.15, 0.2) is 0 Å². The molecule has 0 radical (unpaired) electrons. The van der Waals surface area contributed by atoms with Gasteiger partial charge < -0.3 is 10.0 Å². The van der Waals surface area contributed by atoms with Gasteiger partial charge in [-0.2, -0.15) is 0 Å². The molecule has 1 fully saturated rings. The van der Waals surface area contributed by atoms with Crippen LogP contribution in [-0.4, -0.2) is 34.3 Å². The van der Waals surface area contributed by atoms with Gasteiger partial charge in [0.05, 0.1) is 16.8 Å². The minimum absolute atomic E-state index is 0.174. The molecular formula is C12H15N3OS. The Labute approximate surface area is 104 Å². The molecule has 90 valence electrons. The number of hydrogen-bond acceptors (Lipinski definition) is 5. The van der Waals surface area contributed by atoms with E-state index in [9.17, 15) is 5.11 Å². The van der Waals surface area contributed by atoms with Crippen molar-refractivity contribution in [3.8, 4) is 0 Å². The third-order valence-corrected chi connectivity index (χ3v) is 4.25. The van der Waals surface area contributed by atoms with Crippen LogP contribution in [0.2, 0.25) is 0 Å². The summed E-state index contributed by atoms with van der Waals surface area (Å²) in [4.78, 5) is 10.9. The molecule has 1 aliphatic rings. The van der Waals surface area contributed by atoms with Gasteiger partial charge in [0, 0.05) is 12.6 Å². The van der Waals surface area contributed by atoms with Gasteiger partial charge in [-0.05, 0) is 30.7 Å². The van der Waals surface area contributed by atoms with E-state index in [2.05, 4.69) is 14.9 Å². The topological polar surface area (TPSA) is 49.2 Å². The van der Waals surface area contributed by atoms with E-state index in [1.807, 2.05) is 11.4 Å². The summed E-state index contributed by atoms with van der Waals surface area (Å²) >= 11 is 1.67. The molecule has 0 saturated heterocycles. The first-order valence-electron chi connectivity index (χ1n) is 5.96. The summed E-state index contributed by atoms with van der Waals surface area (Å²) in [6.07, 6.45) is 5.31. The van der Waals surface area contributed by atoms with Crippen LogP contribution in [0.1, 0.15) is 19.3 Å². The maximum Gasteiger partial charge on any atom is 0.150 e. The monoisotopic (exact) mass is 249 g/mol. The fraction of sp³-hybridized carbons (Fsp3) is 0.500. The maximum absolute atomic E-state index is 9.21. The van der Waals surface area contributed by atoms with E-state index in [0.717, 1.165) is 16.0 Å². The van der Waals surface area contributed by atoms with Crippen LogP contribution < -0.4 is 4.90 Å². The molecular weight excluding hydrogens is 234 g/mol. The molecule has 17 heavy (non-hydrogen) atoms. The minimum atomic E-state index is 0.174. The molecule has 0 aromatic carbocycles. The molecule has 2 aromatic rings. The van der Waals surface area contributed by atoms with Gasteiger partial charge in [-0.1, -0.05) is 0 Å². The summed E-state index contributed by atoms with van der Waals surface area (Å²) in [5.74, 6) is 0.990. The van der Waals surface area contributed by atoms with Crippen molar-refractivity contribution < 1.29 is 5.11 Å². The van der Waals surface area contributed by atoms with Gasteiger partial charge in [-0.25, -0.2) is 9.97 Å². The van der Waals surface area contributed by atoms with Crippen molar-refractivity contribution in [2.45, 2.75) is 25.3 Å². The Bertz CT molecular complexity index is 509. The number of rotatable bonds is 4. The third-order valence-electron chi connectivity index (χ3n) is 3.35. The molecule has 0 atom stereocenters. The van der Waals surface area contributed by atoms with Crippen molar-refractivity contribution in [1.82, 2.24) is 9.97 Å². The van der Waals surface area contributed by atoms with Gasteiger partial charge in [0.1, 0.15) is 12.1 Å². The number of hydrogen-bond donors (Lipinski definition) is 1. The standard InChI is InChI=1S/C12H15N3OS/c16-6-5-15(9-2-1-3-9)12-11-10(4-7-17-11)13-8-14-12/h4,7-9,16H,1-3,5-6H2. The molecule has 0 unspecified atom stereocenters. The van der Waals surface area contributed by atoms with Gasteiger partial charge in [0.25, 0.3) is 0 Å². The van der Waals surface area contributed by atoms with Crippen molar-refractivity contribution in [2.24, 2.45) is 0 Å². The lowest BCUT2D eigenvalue weighted by Gasteiger charge is -2.38. The summed E-state index contributed by atoms with van der Waals surface area (Å²) in [7, 11) is 0. The summed E-state index contributed by atoms with van der Waals surface area (Å²) < 4.78 is 1.13. The Morgan fingerprint density at radius 1 is 1.41 bits per heavy atom. The minimum Gasteiger partial charge on any atom is -0.395 e. The van der Waals surface area contributed by atoms with Crippen molar-refractivity contribution in [2.75, 3.05) is 18.1 Å². The first-order chi connectivity index (χ1) is 8.40. The summed E-state index contributed by atoms with van der Waals surface area (Å²) in [5.41, 5.74) is 1.00. The highest BCUT2D eigenvalue weighted by molar-refractivity contribution is 7.17. The average molecular weight is 249 g/mol. The fourth-order valence-electron chi connectivity index (χ4n) is 2.25. The lowest BCUT2D eigenvalue weighted by molar-refractivity contribution is 0.283. The summed E-state index contributed by atoms with van der Waals surface area (Å²) in [5, 5.41) is 11.2. The highest BCUT2D eigenvalue weighted by Crippen LogP contribution is 2.33. The van der Waals surface area contributed by atoms with Crippen LogP contribution in [0.3, 0.4) is 0 Å². The molecule has 0 amide bonds. The highest BCUT2D eigenvalue weighted by Gasteiger charge is 2.27. The predicted octanol–water partition coefficient (Wildman–Crippen LogP) is 2.04.